The minimum absolute atomic E-state index is 0.277. The van der Waals surface area contributed by atoms with E-state index in [4.69, 9.17) is 5.26 Å². The zero-order valence-electron chi connectivity index (χ0n) is 13.4. The van der Waals surface area contributed by atoms with Gasteiger partial charge in [0.15, 0.2) is 0 Å². The van der Waals surface area contributed by atoms with Crippen LogP contribution in [0.1, 0.15) is 23.6 Å². The van der Waals surface area contributed by atoms with Crippen LogP contribution in [-0.4, -0.2) is 5.91 Å². The highest BCUT2D eigenvalue weighted by Gasteiger charge is 2.33. The lowest BCUT2D eigenvalue weighted by atomic mass is 10.1. The number of amides is 1. The third-order valence-electron chi connectivity index (χ3n) is 3.54. The van der Waals surface area contributed by atoms with Crippen LogP contribution in [0.2, 0.25) is 0 Å². The van der Waals surface area contributed by atoms with Crippen molar-refractivity contribution in [2.75, 3.05) is 5.32 Å². The van der Waals surface area contributed by atoms with E-state index in [1.165, 1.54) is 18.2 Å². The number of benzene rings is 2. The summed E-state index contributed by atoms with van der Waals surface area (Å²) in [4.78, 5) is 12.2. The molecular weight excluding hydrogens is 329 g/mol. The maximum Gasteiger partial charge on any atom is 0.418 e. The van der Waals surface area contributed by atoms with Crippen LogP contribution in [0.15, 0.2) is 54.1 Å². The van der Waals surface area contributed by atoms with E-state index in [0.717, 1.165) is 24.1 Å². The van der Waals surface area contributed by atoms with Crippen LogP contribution in [0.25, 0.3) is 6.08 Å². The van der Waals surface area contributed by atoms with Gasteiger partial charge in [0.1, 0.15) is 11.6 Å². The number of carbonyl (C=O) groups is 1. The van der Waals surface area contributed by atoms with E-state index < -0.39 is 17.6 Å². The molecule has 3 nitrogen and oxygen atoms in total. The number of hydrogen-bond acceptors (Lipinski definition) is 2. The number of rotatable bonds is 4. The van der Waals surface area contributed by atoms with Gasteiger partial charge >= 0.3 is 6.18 Å². The molecule has 2 aromatic carbocycles. The first-order chi connectivity index (χ1) is 11.8. The standard InChI is InChI=1S/C19H15F3N2O/c1-2-13-7-9-14(10-8-13)11-15(12-23)18(25)24-17-6-4-3-5-16(17)19(20,21)22/h3-11H,2H2,1H3,(H,24,25)/b15-11+. The molecule has 0 radical (unpaired) electrons. The highest BCUT2D eigenvalue weighted by atomic mass is 19.4. The Morgan fingerprint density at radius 1 is 1.16 bits per heavy atom. The first-order valence-electron chi connectivity index (χ1n) is 7.53. The van der Waals surface area contributed by atoms with Gasteiger partial charge in [0, 0.05) is 0 Å². The van der Waals surface area contributed by atoms with Crippen molar-refractivity contribution in [3.8, 4) is 6.07 Å². The molecule has 128 valence electrons. The number of para-hydroxylation sites is 1. The van der Waals surface area contributed by atoms with Gasteiger partial charge in [-0.15, -0.1) is 0 Å². The summed E-state index contributed by atoms with van der Waals surface area (Å²) in [5.41, 5.74) is 0.0869. The molecule has 0 saturated heterocycles. The Hall–Kier alpha value is -3.07. The van der Waals surface area contributed by atoms with Crippen LogP contribution in [-0.2, 0) is 17.4 Å². The smallest absolute Gasteiger partial charge is 0.321 e. The molecule has 0 atom stereocenters. The maximum atomic E-state index is 13.0. The Balaban J connectivity index is 2.27. The molecule has 0 bridgehead atoms. The number of carbonyl (C=O) groups excluding carboxylic acids is 1. The Morgan fingerprint density at radius 2 is 1.80 bits per heavy atom. The minimum atomic E-state index is -4.60. The molecule has 2 rings (SSSR count). The van der Waals surface area contributed by atoms with Crippen LogP contribution in [0.5, 0.6) is 0 Å². The lowest BCUT2D eigenvalue weighted by molar-refractivity contribution is -0.137. The molecule has 0 aromatic heterocycles. The van der Waals surface area contributed by atoms with E-state index in [9.17, 15) is 18.0 Å². The number of alkyl halides is 3. The quantitative estimate of drug-likeness (QED) is 0.639. The summed E-state index contributed by atoms with van der Waals surface area (Å²) >= 11 is 0. The van der Waals surface area contributed by atoms with Gasteiger partial charge < -0.3 is 5.32 Å². The highest BCUT2D eigenvalue weighted by molar-refractivity contribution is 6.10. The molecule has 6 heteroatoms. The summed E-state index contributed by atoms with van der Waals surface area (Å²) < 4.78 is 38.9. The van der Waals surface area contributed by atoms with E-state index >= 15 is 0 Å². The predicted molar refractivity (Wildman–Crippen MR) is 89.5 cm³/mol. The molecule has 0 aliphatic rings. The van der Waals surface area contributed by atoms with Crippen molar-refractivity contribution in [1.82, 2.24) is 0 Å². The van der Waals surface area contributed by atoms with Gasteiger partial charge in [0.05, 0.1) is 11.3 Å². The maximum absolute atomic E-state index is 13.0. The summed E-state index contributed by atoms with van der Waals surface area (Å²) in [5.74, 6) is -0.890. The second kappa shape index (κ2) is 7.67. The molecule has 0 fully saturated rings. The Labute approximate surface area is 143 Å². The molecule has 0 heterocycles. The number of nitriles is 1. The number of anilines is 1. The van der Waals surface area contributed by atoms with Gasteiger partial charge in [0.2, 0.25) is 0 Å². The number of nitrogens with zero attached hydrogens (tertiary/aromatic N) is 1. The van der Waals surface area contributed by atoms with E-state index in [1.54, 1.807) is 18.2 Å². The number of halogens is 3. The summed E-state index contributed by atoms with van der Waals surface area (Å²) in [6.45, 7) is 2.00. The molecule has 0 saturated carbocycles. The van der Waals surface area contributed by atoms with Crippen molar-refractivity contribution in [3.05, 3.63) is 70.8 Å². The van der Waals surface area contributed by atoms with Gasteiger partial charge in [0.25, 0.3) is 5.91 Å². The minimum Gasteiger partial charge on any atom is -0.321 e. The van der Waals surface area contributed by atoms with Gasteiger partial charge in [-0.05, 0) is 35.8 Å². The molecule has 0 unspecified atom stereocenters. The summed E-state index contributed by atoms with van der Waals surface area (Å²) in [6.07, 6.45) is -2.41. The van der Waals surface area contributed by atoms with Crippen molar-refractivity contribution in [2.24, 2.45) is 0 Å². The Bertz CT molecular complexity index is 831. The van der Waals surface area contributed by atoms with E-state index in [0.29, 0.717) is 5.56 Å². The molecule has 0 aliphatic carbocycles. The molecule has 25 heavy (non-hydrogen) atoms. The Kier molecular flexibility index (Phi) is 5.60. The van der Waals surface area contributed by atoms with Crippen LogP contribution in [0.3, 0.4) is 0 Å². The van der Waals surface area contributed by atoms with Crippen molar-refractivity contribution < 1.29 is 18.0 Å². The molecule has 1 N–H and O–H groups in total. The van der Waals surface area contributed by atoms with Crippen molar-refractivity contribution in [3.63, 3.8) is 0 Å². The van der Waals surface area contributed by atoms with Crippen molar-refractivity contribution in [1.29, 1.82) is 5.26 Å². The average Bonchev–Trinajstić information content (AvgIpc) is 2.59. The summed E-state index contributed by atoms with van der Waals surface area (Å²) in [6, 6.07) is 13.6. The van der Waals surface area contributed by atoms with E-state index in [-0.39, 0.29) is 11.3 Å². The summed E-state index contributed by atoms with van der Waals surface area (Å²) in [7, 11) is 0. The van der Waals surface area contributed by atoms with Gasteiger partial charge in [-0.25, -0.2) is 0 Å². The predicted octanol–water partition coefficient (Wildman–Crippen LogP) is 4.81. The van der Waals surface area contributed by atoms with E-state index in [1.807, 2.05) is 19.1 Å². The van der Waals surface area contributed by atoms with Crippen LogP contribution >= 0.6 is 0 Å². The second-order valence-corrected chi connectivity index (χ2v) is 5.26. The third-order valence-corrected chi connectivity index (χ3v) is 3.54. The van der Waals surface area contributed by atoms with Crippen LogP contribution in [0.4, 0.5) is 18.9 Å². The molecule has 2 aromatic rings. The first kappa shape index (κ1) is 18.3. The lowest BCUT2D eigenvalue weighted by Crippen LogP contribution is -2.17. The number of nitrogens with one attached hydrogen (secondary N) is 1. The van der Waals surface area contributed by atoms with Crippen LogP contribution < -0.4 is 5.32 Å². The van der Waals surface area contributed by atoms with Crippen LogP contribution in [0, 0.1) is 11.3 Å². The normalized spacial score (nSPS) is 11.7. The lowest BCUT2D eigenvalue weighted by Gasteiger charge is -2.13. The van der Waals surface area contributed by atoms with Gasteiger partial charge in [-0.3, -0.25) is 4.79 Å². The monoisotopic (exact) mass is 344 g/mol. The first-order valence-corrected chi connectivity index (χ1v) is 7.53. The average molecular weight is 344 g/mol. The third kappa shape index (κ3) is 4.70. The Morgan fingerprint density at radius 3 is 2.36 bits per heavy atom. The fourth-order valence-corrected chi connectivity index (χ4v) is 2.19. The largest absolute Gasteiger partial charge is 0.418 e. The van der Waals surface area contributed by atoms with Gasteiger partial charge in [-0.1, -0.05) is 43.3 Å². The topological polar surface area (TPSA) is 52.9 Å². The zero-order chi connectivity index (χ0) is 18.4. The zero-order valence-corrected chi connectivity index (χ0v) is 13.4. The van der Waals surface area contributed by atoms with E-state index in [2.05, 4.69) is 5.32 Å². The number of aryl methyl sites for hydroxylation is 1. The molecule has 0 spiro atoms. The fraction of sp³-hybridized carbons (Fsp3) is 0.158. The highest BCUT2D eigenvalue weighted by Crippen LogP contribution is 2.34. The van der Waals surface area contributed by atoms with Gasteiger partial charge in [-0.2, -0.15) is 18.4 Å². The molecular formula is C19H15F3N2O. The fourth-order valence-electron chi connectivity index (χ4n) is 2.19. The SMILES string of the molecule is CCc1ccc(/C=C(\C#N)C(=O)Nc2ccccc2C(F)(F)F)cc1. The summed E-state index contributed by atoms with van der Waals surface area (Å²) in [5, 5.41) is 11.3. The van der Waals surface area contributed by atoms with Crippen molar-refractivity contribution in [2.45, 2.75) is 19.5 Å². The second-order valence-electron chi connectivity index (χ2n) is 5.26. The molecule has 0 aliphatic heterocycles. The molecule has 1 amide bonds. The van der Waals surface area contributed by atoms with Crippen molar-refractivity contribution >= 4 is 17.7 Å². The number of hydrogen-bond donors (Lipinski definition) is 1.